The van der Waals surface area contributed by atoms with Crippen LogP contribution < -0.4 is 4.74 Å². The molecule has 3 rings (SSSR count). The summed E-state index contributed by atoms with van der Waals surface area (Å²) in [6, 6.07) is 14.3. The van der Waals surface area contributed by atoms with Crippen LogP contribution in [0.25, 0.3) is 0 Å². The maximum absolute atomic E-state index is 12.1. The van der Waals surface area contributed by atoms with Crippen LogP contribution in [0.2, 0.25) is 5.02 Å². The molecule has 1 aliphatic heterocycles. The molecular formula is C22H27ClO3S. The molecule has 3 atom stereocenters. The van der Waals surface area contributed by atoms with Gasteiger partial charge in [0.05, 0.1) is 12.7 Å². The molecule has 0 aliphatic carbocycles. The van der Waals surface area contributed by atoms with E-state index >= 15 is 0 Å². The van der Waals surface area contributed by atoms with Crippen LogP contribution in [0, 0.1) is 0 Å². The molecule has 2 aromatic rings. The molecule has 0 bridgehead atoms. The van der Waals surface area contributed by atoms with E-state index in [9.17, 15) is 4.55 Å². The molecule has 0 N–H and O–H groups in total. The maximum atomic E-state index is 12.1. The van der Waals surface area contributed by atoms with Crippen LogP contribution in [0.1, 0.15) is 55.9 Å². The van der Waals surface area contributed by atoms with Gasteiger partial charge in [-0.05, 0) is 79.2 Å². The lowest BCUT2D eigenvalue weighted by Gasteiger charge is -2.31. The summed E-state index contributed by atoms with van der Waals surface area (Å²) >= 11 is 5.54. The second-order valence-electron chi connectivity index (χ2n) is 6.76. The fourth-order valence-electron chi connectivity index (χ4n) is 3.43. The molecule has 1 saturated heterocycles. The van der Waals surface area contributed by atoms with E-state index in [2.05, 4.69) is 18.2 Å². The molecule has 3 nitrogen and oxygen atoms in total. The van der Waals surface area contributed by atoms with Gasteiger partial charge in [0.15, 0.2) is 0 Å². The molecule has 3 unspecified atom stereocenters. The fraction of sp³-hybridized carbons (Fsp3) is 0.455. The zero-order chi connectivity index (χ0) is 19.2. The molecule has 0 aromatic heterocycles. The lowest BCUT2D eigenvalue weighted by atomic mass is 9.97. The van der Waals surface area contributed by atoms with Gasteiger partial charge in [-0.15, -0.1) is 0 Å². The number of hydrogen-bond acceptors (Lipinski definition) is 3. The quantitative estimate of drug-likeness (QED) is 0.556. The van der Waals surface area contributed by atoms with Gasteiger partial charge in [0, 0.05) is 11.4 Å². The van der Waals surface area contributed by atoms with Crippen molar-refractivity contribution in [2.45, 2.75) is 51.1 Å². The van der Waals surface area contributed by atoms with Crippen molar-refractivity contribution in [2.75, 3.05) is 12.4 Å². The van der Waals surface area contributed by atoms with Gasteiger partial charge in [0.1, 0.15) is 11.5 Å². The molecule has 2 aromatic carbocycles. The smallest absolute Gasteiger partial charge is 0.216 e. The monoisotopic (exact) mass is 406 g/mol. The van der Waals surface area contributed by atoms with Gasteiger partial charge < -0.3 is 14.0 Å². The highest BCUT2D eigenvalue weighted by molar-refractivity contribution is 7.91. The highest BCUT2D eigenvalue weighted by Crippen LogP contribution is 2.35. The molecule has 0 radical (unpaired) electrons. The average Bonchev–Trinajstić information content (AvgIpc) is 2.71. The highest BCUT2D eigenvalue weighted by Gasteiger charge is 2.30. The Bertz CT molecular complexity index is 735. The van der Waals surface area contributed by atoms with E-state index in [1.54, 1.807) is 0 Å². The predicted octanol–water partition coefficient (Wildman–Crippen LogP) is 5.67. The van der Waals surface area contributed by atoms with Gasteiger partial charge in [0.25, 0.3) is 0 Å². The molecule has 0 saturated carbocycles. The number of halogens is 1. The Balaban J connectivity index is 1.74. The second kappa shape index (κ2) is 9.83. The number of benzene rings is 2. The number of hydrogen-bond donors (Lipinski definition) is 0. The third-order valence-corrected chi connectivity index (χ3v) is 6.74. The van der Waals surface area contributed by atoms with Crippen molar-refractivity contribution < 1.29 is 14.0 Å². The summed E-state index contributed by atoms with van der Waals surface area (Å²) in [5.41, 5.74) is 3.24. The van der Waals surface area contributed by atoms with Crippen LogP contribution in [0.15, 0.2) is 42.5 Å². The van der Waals surface area contributed by atoms with E-state index in [4.69, 9.17) is 21.1 Å². The Kier molecular flexibility index (Phi) is 7.48. The van der Waals surface area contributed by atoms with Crippen LogP contribution in [-0.2, 0) is 22.3 Å². The van der Waals surface area contributed by atoms with Crippen molar-refractivity contribution in [3.05, 3.63) is 64.2 Å². The summed E-state index contributed by atoms with van der Waals surface area (Å²) in [5, 5.41) is 0.761. The Morgan fingerprint density at radius 3 is 2.63 bits per heavy atom. The second-order valence-corrected chi connectivity index (χ2v) is 9.03. The topological polar surface area (TPSA) is 41.5 Å². The first-order valence-corrected chi connectivity index (χ1v) is 11.4. The Hall–Kier alpha value is -1.20. The van der Waals surface area contributed by atoms with Gasteiger partial charge in [0.2, 0.25) is 5.44 Å². The molecule has 5 heteroatoms. The Morgan fingerprint density at radius 1 is 1.15 bits per heavy atom. The first-order chi connectivity index (χ1) is 13.1. The van der Waals surface area contributed by atoms with E-state index in [0.717, 1.165) is 47.6 Å². The third kappa shape index (κ3) is 5.41. The lowest BCUT2D eigenvalue weighted by molar-refractivity contribution is -0.00999. The average molecular weight is 407 g/mol. The molecule has 146 valence electrons. The molecule has 0 amide bonds. The number of rotatable bonds is 7. The first kappa shape index (κ1) is 20.5. The Morgan fingerprint density at radius 2 is 1.93 bits per heavy atom. The molecule has 1 aliphatic rings. The van der Waals surface area contributed by atoms with E-state index in [1.807, 2.05) is 38.1 Å². The maximum Gasteiger partial charge on any atom is 0.216 e. The molecular weight excluding hydrogens is 380 g/mol. The summed E-state index contributed by atoms with van der Waals surface area (Å²) < 4.78 is 23.8. The predicted molar refractivity (Wildman–Crippen MR) is 112 cm³/mol. The minimum absolute atomic E-state index is 0.00408. The fourth-order valence-corrected chi connectivity index (χ4v) is 4.68. The van der Waals surface area contributed by atoms with Gasteiger partial charge >= 0.3 is 0 Å². The van der Waals surface area contributed by atoms with Crippen LogP contribution in [-0.4, -0.2) is 22.3 Å². The van der Waals surface area contributed by atoms with E-state index in [1.165, 1.54) is 5.56 Å². The third-order valence-electron chi connectivity index (χ3n) is 4.87. The van der Waals surface area contributed by atoms with Crippen LogP contribution in [0.5, 0.6) is 5.75 Å². The highest BCUT2D eigenvalue weighted by atomic mass is 35.5. The van der Waals surface area contributed by atoms with Crippen molar-refractivity contribution in [1.29, 1.82) is 0 Å². The largest absolute Gasteiger partial charge is 0.614 e. The van der Waals surface area contributed by atoms with E-state index in [0.29, 0.717) is 12.4 Å². The summed E-state index contributed by atoms with van der Waals surface area (Å²) in [6.07, 6.45) is 3.63. The van der Waals surface area contributed by atoms with Gasteiger partial charge in [-0.1, -0.05) is 35.9 Å². The van der Waals surface area contributed by atoms with Gasteiger partial charge in [-0.2, -0.15) is 0 Å². The van der Waals surface area contributed by atoms with Crippen molar-refractivity contribution in [2.24, 2.45) is 0 Å². The van der Waals surface area contributed by atoms with E-state index in [-0.39, 0.29) is 11.5 Å². The minimum atomic E-state index is -0.913. The number of ether oxygens (including phenoxy) is 2. The van der Waals surface area contributed by atoms with Crippen LogP contribution in [0.3, 0.4) is 0 Å². The van der Waals surface area contributed by atoms with Crippen LogP contribution >= 0.6 is 11.6 Å². The first-order valence-electron chi connectivity index (χ1n) is 9.63. The molecule has 0 spiro atoms. The standard InChI is InChI=1S/C22H27ClO3S/c1-3-25-19-11-8-16(9-12-19)14-18-15-17(10-13-20(18)23)21-6-5-7-22(26-21)27(24)4-2/h8-13,15,21-22H,3-7,14H2,1-2H3. The van der Waals surface area contributed by atoms with Crippen molar-refractivity contribution in [3.63, 3.8) is 0 Å². The summed E-state index contributed by atoms with van der Waals surface area (Å²) in [7, 11) is 0. The SMILES string of the molecule is CCOc1ccc(Cc2cc(C3CCCC([S+]([O-])CC)O3)ccc2Cl)cc1. The Labute approximate surface area is 170 Å². The van der Waals surface area contributed by atoms with Gasteiger partial charge in [-0.25, -0.2) is 0 Å². The zero-order valence-electron chi connectivity index (χ0n) is 15.9. The van der Waals surface area contributed by atoms with Gasteiger partial charge in [-0.3, -0.25) is 0 Å². The zero-order valence-corrected chi connectivity index (χ0v) is 17.5. The molecule has 27 heavy (non-hydrogen) atoms. The van der Waals surface area contributed by atoms with Crippen molar-refractivity contribution in [1.82, 2.24) is 0 Å². The minimum Gasteiger partial charge on any atom is -0.614 e. The molecule has 1 heterocycles. The van der Waals surface area contributed by atoms with E-state index < -0.39 is 11.2 Å². The lowest BCUT2D eigenvalue weighted by Crippen LogP contribution is -2.31. The molecule has 1 fully saturated rings. The summed E-state index contributed by atoms with van der Waals surface area (Å²) in [6.45, 7) is 4.59. The van der Waals surface area contributed by atoms with Crippen molar-refractivity contribution >= 4 is 22.8 Å². The summed E-state index contributed by atoms with van der Waals surface area (Å²) in [4.78, 5) is 0. The van der Waals surface area contributed by atoms with Crippen LogP contribution in [0.4, 0.5) is 0 Å². The normalized spacial score (nSPS) is 21.0. The van der Waals surface area contributed by atoms with Crippen molar-refractivity contribution in [3.8, 4) is 5.75 Å². The summed E-state index contributed by atoms with van der Waals surface area (Å²) in [5.74, 6) is 1.52.